The second-order valence-corrected chi connectivity index (χ2v) is 8.66. The lowest BCUT2D eigenvalue weighted by atomic mass is 9.99. The first kappa shape index (κ1) is 22.3. The van der Waals surface area contributed by atoms with E-state index >= 15 is 0 Å². The molecule has 8 nitrogen and oxygen atoms in total. The zero-order valence-corrected chi connectivity index (χ0v) is 18.7. The predicted molar refractivity (Wildman–Crippen MR) is 122 cm³/mol. The van der Waals surface area contributed by atoms with Crippen LogP contribution in [-0.4, -0.2) is 31.8 Å². The van der Waals surface area contributed by atoms with Crippen molar-refractivity contribution in [2.45, 2.75) is 39.0 Å². The SMILES string of the molecule is CC(C)(C)N(C(=O)[O-])n1nnc2cccc(C(O)c3ccccc3OCc3ccccc3)c21. The molecule has 8 heteroatoms. The maximum absolute atomic E-state index is 12.0. The second-order valence-electron chi connectivity index (χ2n) is 8.66. The van der Waals surface area contributed by atoms with Crippen LogP contribution >= 0.6 is 0 Å². The fourth-order valence-corrected chi connectivity index (χ4v) is 3.72. The summed E-state index contributed by atoms with van der Waals surface area (Å²) in [6.45, 7) is 5.52. The zero-order valence-electron chi connectivity index (χ0n) is 18.7. The summed E-state index contributed by atoms with van der Waals surface area (Å²) in [4.78, 5) is 13.1. The molecule has 33 heavy (non-hydrogen) atoms. The Morgan fingerprint density at radius 2 is 1.70 bits per heavy atom. The molecule has 1 atom stereocenters. The number of carbonyl (C=O) groups is 1. The van der Waals surface area contributed by atoms with Gasteiger partial charge in [0.15, 0.2) is 6.09 Å². The normalized spacial score (nSPS) is 12.5. The van der Waals surface area contributed by atoms with E-state index in [0.29, 0.717) is 34.5 Å². The number of aliphatic hydroxyl groups excluding tert-OH is 1. The van der Waals surface area contributed by atoms with E-state index in [-0.39, 0.29) is 0 Å². The molecular formula is C25H25N4O4-. The van der Waals surface area contributed by atoms with Crippen molar-refractivity contribution in [3.8, 4) is 5.75 Å². The first-order valence-corrected chi connectivity index (χ1v) is 10.6. The van der Waals surface area contributed by atoms with E-state index in [1.807, 2.05) is 42.5 Å². The third-order valence-electron chi connectivity index (χ3n) is 5.23. The number of fused-ring (bicyclic) bond motifs is 1. The number of benzene rings is 3. The summed E-state index contributed by atoms with van der Waals surface area (Å²) in [7, 11) is 0. The monoisotopic (exact) mass is 445 g/mol. The van der Waals surface area contributed by atoms with Gasteiger partial charge in [0.1, 0.15) is 29.5 Å². The highest BCUT2D eigenvalue weighted by Gasteiger charge is 2.28. The van der Waals surface area contributed by atoms with Gasteiger partial charge in [-0.05, 0) is 43.7 Å². The van der Waals surface area contributed by atoms with Crippen LogP contribution in [0.25, 0.3) is 11.0 Å². The Morgan fingerprint density at radius 1 is 1.03 bits per heavy atom. The van der Waals surface area contributed by atoms with Crippen molar-refractivity contribution in [1.29, 1.82) is 0 Å². The summed E-state index contributed by atoms with van der Waals surface area (Å²) >= 11 is 0. The van der Waals surface area contributed by atoms with E-state index in [0.717, 1.165) is 10.6 Å². The van der Waals surface area contributed by atoms with Gasteiger partial charge in [0, 0.05) is 11.1 Å². The molecule has 3 aromatic carbocycles. The van der Waals surface area contributed by atoms with Gasteiger partial charge in [-0.1, -0.05) is 60.7 Å². The summed E-state index contributed by atoms with van der Waals surface area (Å²) < 4.78 is 6.02. The van der Waals surface area contributed by atoms with Crippen molar-refractivity contribution >= 4 is 17.1 Å². The quantitative estimate of drug-likeness (QED) is 0.489. The number of hydrogen-bond donors (Lipinski definition) is 1. The van der Waals surface area contributed by atoms with Crippen LogP contribution in [0.3, 0.4) is 0 Å². The molecule has 0 spiro atoms. The molecule has 0 aliphatic carbocycles. The molecule has 0 saturated heterocycles. The fraction of sp³-hybridized carbons (Fsp3) is 0.240. The van der Waals surface area contributed by atoms with Crippen molar-refractivity contribution < 1.29 is 19.7 Å². The first-order valence-electron chi connectivity index (χ1n) is 10.6. The molecule has 0 saturated carbocycles. The minimum atomic E-state index is -1.43. The molecule has 4 aromatic rings. The fourth-order valence-electron chi connectivity index (χ4n) is 3.72. The van der Waals surface area contributed by atoms with Crippen molar-refractivity contribution in [2.75, 3.05) is 5.01 Å². The molecule has 0 fully saturated rings. The smallest absolute Gasteiger partial charge is 0.159 e. The Labute approximate surface area is 191 Å². The van der Waals surface area contributed by atoms with Crippen molar-refractivity contribution in [3.63, 3.8) is 0 Å². The highest BCUT2D eigenvalue weighted by molar-refractivity contribution is 5.84. The Morgan fingerprint density at radius 3 is 2.39 bits per heavy atom. The van der Waals surface area contributed by atoms with Gasteiger partial charge in [0.2, 0.25) is 0 Å². The van der Waals surface area contributed by atoms with Crippen molar-refractivity contribution in [3.05, 3.63) is 89.5 Å². The highest BCUT2D eigenvalue weighted by Crippen LogP contribution is 2.34. The second kappa shape index (κ2) is 8.91. The van der Waals surface area contributed by atoms with Gasteiger partial charge in [-0.3, -0.25) is 0 Å². The Balaban J connectivity index is 1.76. The van der Waals surface area contributed by atoms with E-state index in [4.69, 9.17) is 4.74 Å². The molecule has 1 unspecified atom stereocenters. The summed E-state index contributed by atoms with van der Waals surface area (Å²) in [5.74, 6) is 0.525. The van der Waals surface area contributed by atoms with Crippen LogP contribution in [0.5, 0.6) is 5.75 Å². The number of nitrogens with zero attached hydrogens (tertiary/aromatic N) is 4. The molecule has 1 heterocycles. The molecule has 0 aliphatic rings. The first-order chi connectivity index (χ1) is 15.8. The molecular weight excluding hydrogens is 420 g/mol. The Hall–Kier alpha value is -3.91. The van der Waals surface area contributed by atoms with E-state index in [9.17, 15) is 15.0 Å². The van der Waals surface area contributed by atoms with Gasteiger partial charge in [-0.15, -0.1) is 9.89 Å². The molecule has 170 valence electrons. The summed E-state index contributed by atoms with van der Waals surface area (Å²) in [5.41, 5.74) is 1.97. The van der Waals surface area contributed by atoms with Crippen LogP contribution in [0.2, 0.25) is 0 Å². The number of carbonyl (C=O) groups excluding carboxylic acids is 1. The van der Waals surface area contributed by atoms with Crippen molar-refractivity contribution in [1.82, 2.24) is 15.1 Å². The van der Waals surface area contributed by atoms with Gasteiger partial charge in [-0.25, -0.2) is 5.01 Å². The highest BCUT2D eigenvalue weighted by atomic mass is 16.5. The van der Waals surface area contributed by atoms with Crippen LogP contribution in [0.4, 0.5) is 4.79 Å². The molecule has 1 amide bonds. The maximum Gasteiger partial charge on any atom is 0.159 e. The number of aromatic nitrogens is 3. The Bertz CT molecular complexity index is 1260. The zero-order chi connectivity index (χ0) is 23.6. The van der Waals surface area contributed by atoms with Crippen LogP contribution < -0.4 is 14.9 Å². The van der Waals surface area contributed by atoms with Crippen LogP contribution in [0.15, 0.2) is 72.8 Å². The van der Waals surface area contributed by atoms with Crippen LogP contribution in [0, 0.1) is 0 Å². The van der Waals surface area contributed by atoms with Gasteiger partial charge in [0.25, 0.3) is 0 Å². The summed E-state index contributed by atoms with van der Waals surface area (Å²) in [5, 5.41) is 32.5. The number of ether oxygens (including phenoxy) is 1. The number of hydrogen-bond acceptors (Lipinski definition) is 6. The summed E-state index contributed by atoms with van der Waals surface area (Å²) in [6.07, 6.45) is -2.54. The number of para-hydroxylation sites is 2. The molecule has 4 rings (SSSR count). The van der Waals surface area contributed by atoms with Gasteiger partial charge in [0.05, 0.1) is 5.54 Å². The topological polar surface area (TPSA) is 104 Å². The van der Waals surface area contributed by atoms with Gasteiger partial charge in [-0.2, -0.15) is 0 Å². The van der Waals surface area contributed by atoms with E-state index in [1.54, 1.807) is 51.1 Å². The Kier molecular flexibility index (Phi) is 6.02. The molecule has 1 N–H and O–H groups in total. The minimum absolute atomic E-state index is 0.344. The maximum atomic E-state index is 12.0. The molecule has 1 aromatic heterocycles. The lowest BCUT2D eigenvalue weighted by Crippen LogP contribution is -2.58. The predicted octanol–water partition coefficient (Wildman–Crippen LogP) is 3.17. The number of carboxylic acid groups (broad SMARTS) is 1. The minimum Gasteiger partial charge on any atom is -0.529 e. The molecule has 0 aliphatic heterocycles. The third-order valence-corrected chi connectivity index (χ3v) is 5.23. The summed E-state index contributed by atoms with van der Waals surface area (Å²) in [6, 6.07) is 22.1. The third kappa shape index (κ3) is 4.51. The average Bonchev–Trinajstić information content (AvgIpc) is 3.20. The number of aliphatic hydroxyl groups is 1. The van der Waals surface area contributed by atoms with Gasteiger partial charge >= 0.3 is 0 Å². The van der Waals surface area contributed by atoms with E-state index in [1.165, 1.54) is 4.79 Å². The van der Waals surface area contributed by atoms with Gasteiger partial charge < -0.3 is 19.7 Å². The largest absolute Gasteiger partial charge is 0.529 e. The standard InChI is InChI=1S/C25H26N4O4/c1-25(2,3)28(24(31)32)29-22-19(13-9-14-20(22)26-27-29)23(30)18-12-7-8-15-21(18)33-16-17-10-5-4-6-11-17/h4-15,23,30H,16H2,1-3H3,(H,31,32)/p-1. The van der Waals surface area contributed by atoms with Crippen LogP contribution in [0.1, 0.15) is 43.6 Å². The molecule has 0 radical (unpaired) electrons. The van der Waals surface area contributed by atoms with Crippen LogP contribution in [-0.2, 0) is 6.61 Å². The van der Waals surface area contributed by atoms with E-state index < -0.39 is 17.7 Å². The van der Waals surface area contributed by atoms with Crippen molar-refractivity contribution in [2.24, 2.45) is 0 Å². The lowest BCUT2D eigenvalue weighted by molar-refractivity contribution is -0.250. The average molecular weight is 445 g/mol. The number of rotatable bonds is 6. The van der Waals surface area contributed by atoms with E-state index in [2.05, 4.69) is 10.3 Å². The molecule has 0 bridgehead atoms. The number of amides is 1. The lowest BCUT2D eigenvalue weighted by Gasteiger charge is -2.37.